The lowest BCUT2D eigenvalue weighted by Crippen LogP contribution is -2.41. The van der Waals surface area contributed by atoms with Gasteiger partial charge in [-0.2, -0.15) is 11.3 Å². The lowest BCUT2D eigenvalue weighted by molar-refractivity contribution is -0.0525. The van der Waals surface area contributed by atoms with Crippen LogP contribution in [0.1, 0.15) is 63.4 Å². The lowest BCUT2D eigenvalue weighted by atomic mass is 9.72. The van der Waals surface area contributed by atoms with E-state index in [2.05, 4.69) is 21.7 Å². The molecule has 1 aromatic rings. The van der Waals surface area contributed by atoms with E-state index < -0.39 is 5.60 Å². The van der Waals surface area contributed by atoms with E-state index in [0.717, 1.165) is 13.0 Å². The van der Waals surface area contributed by atoms with Crippen molar-refractivity contribution in [3.63, 3.8) is 0 Å². The second kappa shape index (κ2) is 7.26. The Morgan fingerprint density at radius 2 is 1.81 bits per heavy atom. The number of piperidine rings is 1. The van der Waals surface area contributed by atoms with Gasteiger partial charge in [-0.15, -0.1) is 0 Å². The Morgan fingerprint density at radius 1 is 1.10 bits per heavy atom. The summed E-state index contributed by atoms with van der Waals surface area (Å²) in [4.78, 5) is 2.56. The zero-order chi connectivity index (χ0) is 14.5. The van der Waals surface area contributed by atoms with Crippen LogP contribution in [0.5, 0.6) is 0 Å². The van der Waals surface area contributed by atoms with Gasteiger partial charge < -0.3 is 10.0 Å². The first-order valence-electron chi connectivity index (χ1n) is 8.76. The monoisotopic (exact) mass is 307 g/mol. The van der Waals surface area contributed by atoms with Gasteiger partial charge in [-0.05, 0) is 73.5 Å². The maximum atomic E-state index is 11.5. The molecule has 2 heterocycles. The molecule has 1 aromatic heterocycles. The molecule has 118 valence electrons. The molecule has 1 aliphatic carbocycles. The lowest BCUT2D eigenvalue weighted by Gasteiger charge is -2.40. The van der Waals surface area contributed by atoms with Crippen LogP contribution in [0, 0.1) is 5.92 Å². The van der Waals surface area contributed by atoms with Crippen molar-refractivity contribution in [1.82, 2.24) is 4.90 Å². The third kappa shape index (κ3) is 3.69. The van der Waals surface area contributed by atoms with Crippen molar-refractivity contribution in [2.75, 3.05) is 19.6 Å². The number of hydrogen-bond donors (Lipinski definition) is 1. The van der Waals surface area contributed by atoms with E-state index in [1.165, 1.54) is 70.0 Å². The van der Waals surface area contributed by atoms with Gasteiger partial charge in [0.05, 0.1) is 5.60 Å². The number of hydrogen-bond acceptors (Lipinski definition) is 3. The summed E-state index contributed by atoms with van der Waals surface area (Å²) in [7, 11) is 0. The fourth-order valence-electron chi connectivity index (χ4n) is 4.19. The number of aliphatic hydroxyl groups is 1. The quantitative estimate of drug-likeness (QED) is 0.872. The molecule has 0 amide bonds. The predicted octanol–water partition coefficient (Wildman–Crippen LogP) is 4.39. The fourth-order valence-corrected chi connectivity index (χ4v) is 4.92. The summed E-state index contributed by atoms with van der Waals surface area (Å²) in [6.45, 7) is 3.51. The van der Waals surface area contributed by atoms with Crippen LogP contribution in [0.3, 0.4) is 0 Å². The summed E-state index contributed by atoms with van der Waals surface area (Å²) >= 11 is 1.72. The van der Waals surface area contributed by atoms with E-state index in [4.69, 9.17) is 0 Å². The Hall–Kier alpha value is -0.380. The topological polar surface area (TPSA) is 23.5 Å². The van der Waals surface area contributed by atoms with Gasteiger partial charge in [0, 0.05) is 6.54 Å². The molecule has 1 aliphatic heterocycles. The first-order chi connectivity index (χ1) is 10.3. The Bertz CT molecular complexity index is 407. The summed E-state index contributed by atoms with van der Waals surface area (Å²) in [6, 6.07) is 2.15. The van der Waals surface area contributed by atoms with Crippen LogP contribution in [0.15, 0.2) is 16.8 Å². The molecule has 1 unspecified atom stereocenters. The number of nitrogens with zero attached hydrogens (tertiary/aromatic N) is 1. The SMILES string of the molecule is OC(CCN1CCCCC1)(c1ccsc1)C1CCCCC1. The summed E-state index contributed by atoms with van der Waals surface area (Å²) in [6.07, 6.45) is 11.3. The average molecular weight is 308 g/mol. The third-order valence-electron chi connectivity index (χ3n) is 5.56. The van der Waals surface area contributed by atoms with Gasteiger partial charge in [0.15, 0.2) is 0 Å². The fraction of sp³-hybridized carbons (Fsp3) is 0.778. The molecule has 1 saturated carbocycles. The van der Waals surface area contributed by atoms with Crippen LogP contribution in [-0.4, -0.2) is 29.6 Å². The van der Waals surface area contributed by atoms with Crippen molar-refractivity contribution in [1.29, 1.82) is 0 Å². The highest BCUT2D eigenvalue weighted by atomic mass is 32.1. The molecule has 1 N–H and O–H groups in total. The molecule has 2 nitrogen and oxygen atoms in total. The van der Waals surface area contributed by atoms with E-state index >= 15 is 0 Å². The molecule has 1 atom stereocenters. The van der Waals surface area contributed by atoms with Crippen LogP contribution in [0.2, 0.25) is 0 Å². The molecule has 0 spiro atoms. The summed E-state index contributed by atoms with van der Waals surface area (Å²) in [5, 5.41) is 15.8. The summed E-state index contributed by atoms with van der Waals surface area (Å²) in [5.41, 5.74) is 0.592. The van der Waals surface area contributed by atoms with Crippen LogP contribution < -0.4 is 0 Å². The minimum absolute atomic E-state index is 0.464. The number of thiophene rings is 1. The summed E-state index contributed by atoms with van der Waals surface area (Å²) < 4.78 is 0. The van der Waals surface area contributed by atoms with Crippen LogP contribution in [0.25, 0.3) is 0 Å². The van der Waals surface area contributed by atoms with Crippen molar-refractivity contribution in [3.8, 4) is 0 Å². The average Bonchev–Trinajstić information content (AvgIpc) is 3.09. The van der Waals surface area contributed by atoms with Crippen LogP contribution >= 0.6 is 11.3 Å². The minimum Gasteiger partial charge on any atom is -0.385 e. The molecule has 3 heteroatoms. The van der Waals surface area contributed by atoms with Crippen molar-refractivity contribution in [3.05, 3.63) is 22.4 Å². The molecule has 3 rings (SSSR count). The molecule has 2 aliphatic rings. The first kappa shape index (κ1) is 15.5. The minimum atomic E-state index is -0.585. The number of rotatable bonds is 5. The van der Waals surface area contributed by atoms with E-state index in [1.54, 1.807) is 11.3 Å². The smallest absolute Gasteiger partial charge is 0.0944 e. The van der Waals surface area contributed by atoms with E-state index in [0.29, 0.717) is 5.92 Å². The van der Waals surface area contributed by atoms with Gasteiger partial charge in [-0.1, -0.05) is 25.7 Å². The number of likely N-dealkylation sites (tertiary alicyclic amines) is 1. The molecule has 1 saturated heterocycles. The van der Waals surface area contributed by atoms with Gasteiger partial charge in [0.2, 0.25) is 0 Å². The van der Waals surface area contributed by atoms with E-state index in [9.17, 15) is 5.11 Å². The van der Waals surface area contributed by atoms with Crippen molar-refractivity contribution >= 4 is 11.3 Å². The first-order valence-corrected chi connectivity index (χ1v) is 9.71. The Balaban J connectivity index is 1.69. The maximum absolute atomic E-state index is 11.5. The Labute approximate surface area is 133 Å². The van der Waals surface area contributed by atoms with Gasteiger partial charge in [0.1, 0.15) is 0 Å². The zero-order valence-corrected chi connectivity index (χ0v) is 13.9. The Kier molecular flexibility index (Phi) is 5.36. The molecule has 21 heavy (non-hydrogen) atoms. The largest absolute Gasteiger partial charge is 0.385 e. The highest BCUT2D eigenvalue weighted by molar-refractivity contribution is 7.08. The predicted molar refractivity (Wildman–Crippen MR) is 89.7 cm³/mol. The molecule has 2 fully saturated rings. The van der Waals surface area contributed by atoms with Gasteiger partial charge in [-0.25, -0.2) is 0 Å². The third-order valence-corrected chi connectivity index (χ3v) is 6.24. The normalized spacial score (nSPS) is 24.8. The van der Waals surface area contributed by atoms with E-state index in [-0.39, 0.29) is 0 Å². The van der Waals surface area contributed by atoms with Crippen molar-refractivity contribution in [2.24, 2.45) is 5.92 Å². The molecular weight excluding hydrogens is 278 g/mol. The van der Waals surface area contributed by atoms with Gasteiger partial charge >= 0.3 is 0 Å². The molecular formula is C18H29NOS. The Morgan fingerprint density at radius 3 is 2.48 bits per heavy atom. The molecule has 0 bridgehead atoms. The summed E-state index contributed by atoms with van der Waals surface area (Å²) in [5.74, 6) is 0.464. The molecule has 0 radical (unpaired) electrons. The van der Waals surface area contributed by atoms with Gasteiger partial charge in [-0.3, -0.25) is 0 Å². The standard InChI is InChI=1S/C18H29NOS/c20-18(17-9-14-21-15-17,16-7-3-1-4-8-16)10-13-19-11-5-2-6-12-19/h9,14-16,20H,1-8,10-13H2. The molecule has 0 aromatic carbocycles. The van der Waals surface area contributed by atoms with E-state index in [1.807, 2.05) is 0 Å². The maximum Gasteiger partial charge on any atom is 0.0944 e. The second-order valence-corrected chi connectivity index (χ2v) is 7.70. The van der Waals surface area contributed by atoms with Crippen LogP contribution in [-0.2, 0) is 5.60 Å². The van der Waals surface area contributed by atoms with Crippen LogP contribution in [0.4, 0.5) is 0 Å². The van der Waals surface area contributed by atoms with Crippen molar-refractivity contribution in [2.45, 2.75) is 63.4 Å². The van der Waals surface area contributed by atoms with Crippen molar-refractivity contribution < 1.29 is 5.11 Å². The second-order valence-electron chi connectivity index (χ2n) is 6.92. The highest BCUT2D eigenvalue weighted by Gasteiger charge is 2.39. The zero-order valence-electron chi connectivity index (χ0n) is 13.1. The van der Waals surface area contributed by atoms with Gasteiger partial charge in [0.25, 0.3) is 0 Å². The highest BCUT2D eigenvalue weighted by Crippen LogP contribution is 2.42.